The molecule has 4 aromatic carbocycles. The van der Waals surface area contributed by atoms with E-state index in [4.69, 9.17) is 47.7 Å². The maximum absolute atomic E-state index is 15.0. The molecule has 0 bridgehead atoms. The minimum atomic E-state index is -0.935. The fraction of sp³-hybridized carbons (Fsp3) is 0.297. The van der Waals surface area contributed by atoms with Gasteiger partial charge in [-0.25, -0.2) is 9.18 Å². The van der Waals surface area contributed by atoms with Crippen LogP contribution in [0.25, 0.3) is 0 Å². The first-order valence-corrected chi connectivity index (χ1v) is 15.6. The molecule has 0 unspecified atom stereocenters. The number of methoxy groups -OCH3 is 6. The molecule has 5 rings (SSSR count). The molecule has 270 valence electrons. The van der Waals surface area contributed by atoms with Gasteiger partial charge in [-0.1, -0.05) is 0 Å². The zero-order chi connectivity index (χ0) is 36.7. The SMILES string of the molecule is COc1cc(OC)c2c(c1)O[C@H](c1cc(OC)c(OC)c(OC)c1)[C@H](OC(=O)c1ccc(F)c(NC(=O)c3ccc(OC)c(OCCO)c3)c1)C2. The van der Waals surface area contributed by atoms with E-state index in [0.717, 1.165) is 6.07 Å². The van der Waals surface area contributed by atoms with Crippen LogP contribution in [0.1, 0.15) is 37.9 Å². The van der Waals surface area contributed by atoms with Crippen LogP contribution in [0, 0.1) is 5.82 Å². The third-order valence-electron chi connectivity index (χ3n) is 8.09. The summed E-state index contributed by atoms with van der Waals surface area (Å²) in [4.78, 5) is 26.9. The molecule has 14 heteroatoms. The molecule has 0 saturated carbocycles. The van der Waals surface area contributed by atoms with Crippen molar-refractivity contribution in [3.05, 3.63) is 88.7 Å². The Morgan fingerprint density at radius 3 is 2.10 bits per heavy atom. The summed E-state index contributed by atoms with van der Waals surface area (Å²) in [5, 5.41) is 11.6. The Hall–Kier alpha value is -5.89. The summed E-state index contributed by atoms with van der Waals surface area (Å²) >= 11 is 0. The van der Waals surface area contributed by atoms with Crippen molar-refractivity contribution in [3.63, 3.8) is 0 Å². The second-order valence-corrected chi connectivity index (χ2v) is 11.0. The quantitative estimate of drug-likeness (QED) is 0.162. The Labute approximate surface area is 293 Å². The van der Waals surface area contributed by atoms with Crippen LogP contribution in [0.3, 0.4) is 0 Å². The van der Waals surface area contributed by atoms with Crippen molar-refractivity contribution in [3.8, 4) is 46.0 Å². The molecule has 1 amide bonds. The molecule has 1 heterocycles. The zero-order valence-electron chi connectivity index (χ0n) is 28.9. The highest BCUT2D eigenvalue weighted by atomic mass is 19.1. The molecule has 13 nitrogen and oxygen atoms in total. The van der Waals surface area contributed by atoms with Gasteiger partial charge in [0.15, 0.2) is 29.1 Å². The van der Waals surface area contributed by atoms with E-state index in [1.807, 2.05) is 0 Å². The third kappa shape index (κ3) is 7.80. The number of anilines is 1. The molecule has 51 heavy (non-hydrogen) atoms. The summed E-state index contributed by atoms with van der Waals surface area (Å²) in [7, 11) is 8.90. The number of esters is 1. The van der Waals surface area contributed by atoms with Gasteiger partial charge >= 0.3 is 5.97 Å². The van der Waals surface area contributed by atoms with Crippen LogP contribution in [0.5, 0.6) is 46.0 Å². The van der Waals surface area contributed by atoms with Crippen LogP contribution in [0.15, 0.2) is 60.7 Å². The molecule has 0 radical (unpaired) electrons. The van der Waals surface area contributed by atoms with Gasteiger partial charge in [-0.15, -0.1) is 0 Å². The van der Waals surface area contributed by atoms with Gasteiger partial charge < -0.3 is 53.1 Å². The Bertz CT molecular complexity index is 1870. The monoisotopic (exact) mass is 707 g/mol. The smallest absolute Gasteiger partial charge is 0.338 e. The van der Waals surface area contributed by atoms with E-state index < -0.39 is 29.9 Å². The first-order valence-electron chi connectivity index (χ1n) is 15.6. The predicted octanol–water partition coefficient (Wildman–Crippen LogP) is 5.40. The van der Waals surface area contributed by atoms with Crippen LogP contribution in [-0.4, -0.2) is 79.0 Å². The number of hydrogen-bond acceptors (Lipinski definition) is 12. The van der Waals surface area contributed by atoms with E-state index in [9.17, 15) is 9.59 Å². The van der Waals surface area contributed by atoms with Gasteiger partial charge in [-0.2, -0.15) is 0 Å². The summed E-state index contributed by atoms with van der Waals surface area (Å²) in [5.74, 6) is 0.766. The number of halogens is 1. The van der Waals surface area contributed by atoms with E-state index >= 15 is 4.39 Å². The number of benzene rings is 4. The average molecular weight is 708 g/mol. The lowest BCUT2D eigenvalue weighted by Gasteiger charge is -2.34. The average Bonchev–Trinajstić information content (AvgIpc) is 3.16. The highest BCUT2D eigenvalue weighted by Gasteiger charge is 2.38. The van der Waals surface area contributed by atoms with Gasteiger partial charge in [0.1, 0.15) is 35.8 Å². The highest BCUT2D eigenvalue weighted by molar-refractivity contribution is 6.05. The number of carbonyl (C=O) groups excluding carboxylic acids is 2. The Balaban J connectivity index is 1.46. The molecule has 0 aromatic heterocycles. The number of hydrogen-bond donors (Lipinski definition) is 2. The van der Waals surface area contributed by atoms with Gasteiger partial charge in [0.2, 0.25) is 5.75 Å². The van der Waals surface area contributed by atoms with Crippen molar-refractivity contribution < 1.29 is 61.7 Å². The predicted molar refractivity (Wildman–Crippen MR) is 182 cm³/mol. The van der Waals surface area contributed by atoms with E-state index in [1.54, 1.807) is 24.3 Å². The van der Waals surface area contributed by atoms with Crippen LogP contribution in [0.4, 0.5) is 10.1 Å². The maximum Gasteiger partial charge on any atom is 0.338 e. The molecule has 0 saturated heterocycles. The van der Waals surface area contributed by atoms with Gasteiger partial charge in [-0.05, 0) is 48.5 Å². The summed E-state index contributed by atoms with van der Waals surface area (Å²) in [5.41, 5.74) is 0.998. The van der Waals surface area contributed by atoms with Crippen molar-refractivity contribution in [2.24, 2.45) is 0 Å². The number of rotatable bonds is 14. The van der Waals surface area contributed by atoms with Crippen LogP contribution < -0.4 is 43.2 Å². The van der Waals surface area contributed by atoms with Crippen molar-refractivity contribution in [2.75, 3.05) is 61.2 Å². The second-order valence-electron chi connectivity index (χ2n) is 11.0. The van der Waals surface area contributed by atoms with Crippen LogP contribution >= 0.6 is 0 Å². The summed E-state index contributed by atoms with van der Waals surface area (Å²) in [6.45, 7) is -0.280. The molecule has 0 spiro atoms. The number of aliphatic hydroxyl groups is 1. The van der Waals surface area contributed by atoms with Gasteiger partial charge in [0.05, 0.1) is 60.5 Å². The van der Waals surface area contributed by atoms with Gasteiger partial charge in [0.25, 0.3) is 5.91 Å². The first-order chi connectivity index (χ1) is 24.7. The van der Waals surface area contributed by atoms with E-state index in [2.05, 4.69) is 5.32 Å². The minimum Gasteiger partial charge on any atom is -0.496 e. The van der Waals surface area contributed by atoms with Crippen molar-refractivity contribution in [2.45, 2.75) is 18.6 Å². The van der Waals surface area contributed by atoms with Crippen molar-refractivity contribution in [1.82, 2.24) is 0 Å². The molecule has 1 aliphatic rings. The summed E-state index contributed by atoms with van der Waals surface area (Å²) in [6, 6.07) is 14.6. The van der Waals surface area contributed by atoms with Gasteiger partial charge in [-0.3, -0.25) is 4.79 Å². The van der Waals surface area contributed by atoms with Gasteiger partial charge in [0, 0.05) is 35.2 Å². The second kappa shape index (κ2) is 16.2. The largest absolute Gasteiger partial charge is 0.496 e. The van der Waals surface area contributed by atoms with Crippen LogP contribution in [-0.2, 0) is 11.2 Å². The normalized spacial score (nSPS) is 14.7. The molecule has 1 aliphatic heterocycles. The fourth-order valence-electron chi connectivity index (χ4n) is 5.61. The van der Waals surface area contributed by atoms with E-state index in [0.29, 0.717) is 51.4 Å². The molecule has 0 fully saturated rings. The Kier molecular flexibility index (Phi) is 11.6. The molecular formula is C37H38FNO12. The number of ether oxygens (including phenoxy) is 9. The fourth-order valence-corrected chi connectivity index (χ4v) is 5.61. The molecule has 4 aromatic rings. The number of carbonyl (C=O) groups is 2. The zero-order valence-corrected chi connectivity index (χ0v) is 28.9. The van der Waals surface area contributed by atoms with Crippen molar-refractivity contribution >= 4 is 17.6 Å². The lowest BCUT2D eigenvalue weighted by molar-refractivity contribution is -0.0188. The first kappa shape index (κ1) is 36.4. The lowest BCUT2D eigenvalue weighted by Crippen LogP contribution is -2.35. The Morgan fingerprint density at radius 2 is 1.47 bits per heavy atom. The van der Waals surface area contributed by atoms with Crippen LogP contribution in [0.2, 0.25) is 0 Å². The molecule has 2 N–H and O–H groups in total. The number of fused-ring (bicyclic) bond motifs is 1. The highest BCUT2D eigenvalue weighted by Crippen LogP contribution is 2.47. The summed E-state index contributed by atoms with van der Waals surface area (Å²) < 4.78 is 65.9. The maximum atomic E-state index is 15.0. The molecule has 2 atom stereocenters. The molecular weight excluding hydrogens is 669 g/mol. The standard InChI is InChI=1S/C37H38FNO12/c1-43-23-17-28(45-3)24-19-33(34(50-29(24)18-23)22-15-31(46-4)35(48-6)32(16-22)47-5)51-37(42)21-7-9-25(38)26(13-21)39-36(41)20-8-10-27(44-2)30(14-20)49-12-11-40/h7-10,13-18,33-34,40H,11-12,19H2,1-6H3,(H,39,41)/t33-,34-/m1/s1. The third-order valence-corrected chi connectivity index (χ3v) is 8.09. The number of nitrogens with one attached hydrogen (secondary N) is 1. The van der Waals surface area contributed by atoms with Crippen molar-refractivity contribution in [1.29, 1.82) is 0 Å². The van der Waals surface area contributed by atoms with E-state index in [1.165, 1.54) is 73.0 Å². The topological polar surface area (TPSA) is 149 Å². The molecule has 0 aliphatic carbocycles. The van der Waals surface area contributed by atoms with E-state index in [-0.39, 0.29) is 42.2 Å². The number of aliphatic hydroxyl groups excluding tert-OH is 1. The minimum absolute atomic E-state index is 0.0286. The summed E-state index contributed by atoms with van der Waals surface area (Å²) in [6.07, 6.45) is -1.66. The lowest BCUT2D eigenvalue weighted by atomic mass is 9.93. The Morgan fingerprint density at radius 1 is 0.784 bits per heavy atom. The number of amides is 1.